The van der Waals surface area contributed by atoms with Crippen molar-refractivity contribution >= 4 is 21.6 Å². The van der Waals surface area contributed by atoms with Gasteiger partial charge < -0.3 is 10.0 Å². The first kappa shape index (κ1) is 24.3. The molecule has 2 atom stereocenters. The molecule has 3 rings (SSSR count). The smallest absolute Gasteiger partial charge is 0.264 e. The molecule has 0 aliphatic heterocycles. The Morgan fingerprint density at radius 2 is 1.62 bits per heavy atom. The minimum atomic E-state index is -3.95. The van der Waals surface area contributed by atoms with Gasteiger partial charge in [0.15, 0.2) is 0 Å². The summed E-state index contributed by atoms with van der Waals surface area (Å²) in [6, 6.07) is 13.7. The van der Waals surface area contributed by atoms with Gasteiger partial charge in [-0.3, -0.25) is 9.10 Å². The maximum absolute atomic E-state index is 13.6. The van der Waals surface area contributed by atoms with E-state index in [0.29, 0.717) is 18.0 Å². The third-order valence-electron chi connectivity index (χ3n) is 6.32. The van der Waals surface area contributed by atoms with Crippen LogP contribution in [0.3, 0.4) is 0 Å². The molecule has 1 N–H and O–H groups in total. The summed E-state index contributed by atoms with van der Waals surface area (Å²) in [5.41, 5.74) is 2.50. The Morgan fingerprint density at radius 3 is 2.19 bits per heavy atom. The lowest BCUT2D eigenvalue weighted by Gasteiger charge is -2.36. The van der Waals surface area contributed by atoms with Crippen molar-refractivity contribution in [2.24, 2.45) is 0 Å². The normalized spacial score (nSPS) is 19.1. The standard InChI is InChI=1S/C25H34N2O4S/c1-18(2)20-11-13-21(14-12-20)27(32(30,31)22-15-9-19(3)10-16-22)17-25(29)26(4)23-7-5-6-8-24(23)28/h9-16,18,23-24,28H,5-8,17H2,1-4H3. The molecule has 1 aliphatic rings. The number of amides is 1. The van der Waals surface area contributed by atoms with E-state index in [1.165, 1.54) is 9.21 Å². The van der Waals surface area contributed by atoms with Crippen LogP contribution in [-0.2, 0) is 14.8 Å². The number of anilines is 1. The molecule has 0 spiro atoms. The average Bonchev–Trinajstić information content (AvgIpc) is 2.77. The van der Waals surface area contributed by atoms with Gasteiger partial charge in [-0.2, -0.15) is 0 Å². The van der Waals surface area contributed by atoms with Gasteiger partial charge in [0.2, 0.25) is 5.91 Å². The Kier molecular flexibility index (Phi) is 7.62. The van der Waals surface area contributed by atoms with Crippen LogP contribution in [0.2, 0.25) is 0 Å². The number of likely N-dealkylation sites (N-methyl/N-ethyl adjacent to an activating group) is 1. The van der Waals surface area contributed by atoms with Crippen LogP contribution in [0.15, 0.2) is 53.4 Å². The molecule has 1 saturated carbocycles. The van der Waals surface area contributed by atoms with Crippen molar-refractivity contribution in [1.29, 1.82) is 0 Å². The van der Waals surface area contributed by atoms with Gasteiger partial charge in [0.05, 0.1) is 22.7 Å². The SMILES string of the molecule is Cc1ccc(S(=O)(=O)N(CC(=O)N(C)C2CCCCC2O)c2ccc(C(C)C)cc2)cc1. The molecule has 2 aromatic rings. The maximum Gasteiger partial charge on any atom is 0.264 e. The summed E-state index contributed by atoms with van der Waals surface area (Å²) in [5, 5.41) is 10.4. The number of aliphatic hydroxyl groups is 1. The Morgan fingerprint density at radius 1 is 1.03 bits per heavy atom. The summed E-state index contributed by atoms with van der Waals surface area (Å²) >= 11 is 0. The summed E-state index contributed by atoms with van der Waals surface area (Å²) in [6.45, 7) is 5.72. The van der Waals surface area contributed by atoms with Gasteiger partial charge in [0.1, 0.15) is 6.54 Å². The number of carbonyl (C=O) groups excluding carboxylic acids is 1. The molecular weight excluding hydrogens is 424 g/mol. The van der Waals surface area contributed by atoms with Crippen LogP contribution in [0.4, 0.5) is 5.69 Å². The van der Waals surface area contributed by atoms with E-state index in [9.17, 15) is 18.3 Å². The zero-order valence-electron chi connectivity index (χ0n) is 19.4. The summed E-state index contributed by atoms with van der Waals surface area (Å²) in [4.78, 5) is 14.8. The predicted octanol–water partition coefficient (Wildman–Crippen LogP) is 4.08. The fourth-order valence-electron chi connectivity index (χ4n) is 4.14. The van der Waals surface area contributed by atoms with Crippen LogP contribution in [0.25, 0.3) is 0 Å². The second-order valence-electron chi connectivity index (χ2n) is 8.99. The first-order valence-corrected chi connectivity index (χ1v) is 12.7. The van der Waals surface area contributed by atoms with Crippen LogP contribution in [0.1, 0.15) is 56.6 Å². The number of hydrogen-bond donors (Lipinski definition) is 1. The van der Waals surface area contributed by atoms with E-state index in [1.54, 1.807) is 43.4 Å². The van der Waals surface area contributed by atoms with Gasteiger partial charge in [-0.05, 0) is 55.5 Å². The quantitative estimate of drug-likeness (QED) is 0.678. The first-order chi connectivity index (χ1) is 15.1. The molecule has 6 nitrogen and oxygen atoms in total. The van der Waals surface area contributed by atoms with E-state index in [1.807, 2.05) is 19.1 Å². The van der Waals surface area contributed by atoms with Crippen LogP contribution < -0.4 is 4.31 Å². The van der Waals surface area contributed by atoms with E-state index >= 15 is 0 Å². The average molecular weight is 459 g/mol. The van der Waals surface area contributed by atoms with Crippen molar-refractivity contribution in [1.82, 2.24) is 4.90 Å². The highest BCUT2D eigenvalue weighted by molar-refractivity contribution is 7.92. The molecule has 1 fully saturated rings. The van der Waals surface area contributed by atoms with E-state index in [-0.39, 0.29) is 23.4 Å². The third kappa shape index (κ3) is 5.33. The number of carbonyl (C=O) groups is 1. The van der Waals surface area contributed by atoms with Crippen molar-refractivity contribution in [3.63, 3.8) is 0 Å². The van der Waals surface area contributed by atoms with Gasteiger partial charge in [0, 0.05) is 7.05 Å². The summed E-state index contributed by atoms with van der Waals surface area (Å²) in [6.07, 6.45) is 2.68. The number of nitrogens with zero attached hydrogens (tertiary/aromatic N) is 2. The van der Waals surface area contributed by atoms with Crippen molar-refractivity contribution in [2.75, 3.05) is 17.9 Å². The van der Waals surface area contributed by atoms with Crippen molar-refractivity contribution in [3.8, 4) is 0 Å². The molecule has 1 amide bonds. The highest BCUT2D eigenvalue weighted by Gasteiger charge is 2.33. The molecule has 174 valence electrons. The van der Waals surface area contributed by atoms with Gasteiger partial charge in [-0.1, -0.05) is 56.5 Å². The molecule has 1 aliphatic carbocycles. The summed E-state index contributed by atoms with van der Waals surface area (Å²) in [5.74, 6) is -0.0219. The molecule has 7 heteroatoms. The number of hydrogen-bond acceptors (Lipinski definition) is 4. The van der Waals surface area contributed by atoms with Crippen LogP contribution in [0, 0.1) is 6.92 Å². The van der Waals surface area contributed by atoms with Gasteiger partial charge in [0.25, 0.3) is 10.0 Å². The topological polar surface area (TPSA) is 77.9 Å². The molecule has 0 heterocycles. The van der Waals surface area contributed by atoms with Gasteiger partial charge in [-0.25, -0.2) is 8.42 Å². The molecule has 2 aromatic carbocycles. The molecule has 0 bridgehead atoms. The second kappa shape index (κ2) is 10.0. The Balaban J connectivity index is 1.94. The van der Waals surface area contributed by atoms with Crippen LogP contribution >= 0.6 is 0 Å². The Hall–Kier alpha value is -2.38. The van der Waals surface area contributed by atoms with E-state index < -0.39 is 16.1 Å². The Labute approximate surface area is 191 Å². The molecule has 0 aromatic heterocycles. The van der Waals surface area contributed by atoms with Crippen molar-refractivity contribution in [2.45, 2.75) is 69.4 Å². The second-order valence-corrected chi connectivity index (χ2v) is 10.9. The number of aliphatic hydroxyl groups excluding tert-OH is 1. The predicted molar refractivity (Wildman–Crippen MR) is 127 cm³/mol. The molecule has 0 saturated heterocycles. The lowest BCUT2D eigenvalue weighted by Crippen LogP contribution is -2.50. The number of benzene rings is 2. The number of rotatable bonds is 7. The molecule has 32 heavy (non-hydrogen) atoms. The fourth-order valence-corrected chi connectivity index (χ4v) is 5.55. The van der Waals surface area contributed by atoms with E-state index in [4.69, 9.17) is 0 Å². The fraction of sp³-hybridized carbons (Fsp3) is 0.480. The minimum Gasteiger partial charge on any atom is -0.391 e. The third-order valence-corrected chi connectivity index (χ3v) is 8.11. The zero-order valence-corrected chi connectivity index (χ0v) is 20.2. The summed E-state index contributed by atoms with van der Waals surface area (Å²) < 4.78 is 28.3. The van der Waals surface area contributed by atoms with Crippen LogP contribution in [-0.4, -0.2) is 50.1 Å². The van der Waals surface area contributed by atoms with Crippen LogP contribution in [0.5, 0.6) is 0 Å². The maximum atomic E-state index is 13.6. The largest absolute Gasteiger partial charge is 0.391 e. The minimum absolute atomic E-state index is 0.143. The van der Waals surface area contributed by atoms with Gasteiger partial charge >= 0.3 is 0 Å². The Bertz CT molecular complexity index is 1020. The lowest BCUT2D eigenvalue weighted by atomic mass is 9.91. The zero-order chi connectivity index (χ0) is 23.5. The summed E-state index contributed by atoms with van der Waals surface area (Å²) in [7, 11) is -2.30. The number of aryl methyl sites for hydroxylation is 1. The monoisotopic (exact) mass is 458 g/mol. The van der Waals surface area contributed by atoms with Crippen molar-refractivity contribution in [3.05, 3.63) is 59.7 Å². The molecule has 0 radical (unpaired) electrons. The molecule has 2 unspecified atom stereocenters. The van der Waals surface area contributed by atoms with E-state index in [2.05, 4.69) is 13.8 Å². The molecular formula is C25H34N2O4S. The van der Waals surface area contributed by atoms with E-state index in [0.717, 1.165) is 30.4 Å². The highest BCUT2D eigenvalue weighted by Crippen LogP contribution is 2.27. The highest BCUT2D eigenvalue weighted by atomic mass is 32.2. The lowest BCUT2D eigenvalue weighted by molar-refractivity contribution is -0.133. The van der Waals surface area contributed by atoms with Crippen molar-refractivity contribution < 1.29 is 18.3 Å². The van der Waals surface area contributed by atoms with Gasteiger partial charge in [-0.15, -0.1) is 0 Å². The number of sulfonamides is 1. The first-order valence-electron chi connectivity index (χ1n) is 11.2.